The first kappa shape index (κ1) is 12.3. The summed E-state index contributed by atoms with van der Waals surface area (Å²) >= 11 is 0. The molecule has 3 nitrogen and oxygen atoms in total. The quantitative estimate of drug-likeness (QED) is 0.779. The van der Waals surface area contributed by atoms with E-state index < -0.39 is 0 Å². The predicted octanol–water partition coefficient (Wildman–Crippen LogP) is 1.14. The number of hydrogen-bond acceptors (Lipinski definition) is 3. The molecule has 2 heterocycles. The Bertz CT molecular complexity index is 199. The van der Waals surface area contributed by atoms with Crippen molar-refractivity contribution < 1.29 is 0 Å². The summed E-state index contributed by atoms with van der Waals surface area (Å²) in [6, 6.07) is 0.375. The molecule has 3 heteroatoms. The van der Waals surface area contributed by atoms with Gasteiger partial charge < -0.3 is 15.5 Å². The first-order valence-electron chi connectivity index (χ1n) is 6.96. The van der Waals surface area contributed by atoms with Crippen molar-refractivity contribution in [1.82, 2.24) is 9.80 Å². The van der Waals surface area contributed by atoms with Crippen molar-refractivity contribution in [1.29, 1.82) is 0 Å². The SMILES string of the molecule is CC(N)C1CCN(CCN2CCCCC2)C1. The highest BCUT2D eigenvalue weighted by Crippen LogP contribution is 2.18. The summed E-state index contributed by atoms with van der Waals surface area (Å²) in [5.74, 6) is 0.737. The number of likely N-dealkylation sites (tertiary alicyclic amines) is 2. The van der Waals surface area contributed by atoms with E-state index in [0.717, 1.165) is 5.92 Å². The Balaban J connectivity index is 1.63. The van der Waals surface area contributed by atoms with E-state index in [1.54, 1.807) is 0 Å². The molecular weight excluding hydrogens is 198 g/mol. The van der Waals surface area contributed by atoms with Crippen LogP contribution in [0.2, 0.25) is 0 Å². The smallest absolute Gasteiger partial charge is 0.0109 e. The van der Waals surface area contributed by atoms with Gasteiger partial charge in [-0.05, 0) is 51.7 Å². The van der Waals surface area contributed by atoms with E-state index in [1.807, 2.05) is 0 Å². The molecular formula is C13H27N3. The molecule has 2 atom stereocenters. The van der Waals surface area contributed by atoms with E-state index in [-0.39, 0.29) is 0 Å². The molecule has 2 saturated heterocycles. The number of nitrogens with zero attached hydrogens (tertiary/aromatic N) is 2. The van der Waals surface area contributed by atoms with Crippen molar-refractivity contribution in [2.24, 2.45) is 11.7 Å². The molecule has 2 unspecified atom stereocenters. The first-order chi connectivity index (χ1) is 7.75. The molecule has 0 aromatic carbocycles. The summed E-state index contributed by atoms with van der Waals surface area (Å²) in [6.07, 6.45) is 5.55. The van der Waals surface area contributed by atoms with Crippen molar-refractivity contribution in [2.75, 3.05) is 39.3 Å². The molecule has 0 bridgehead atoms. The zero-order valence-electron chi connectivity index (χ0n) is 10.7. The minimum atomic E-state index is 0.375. The molecule has 2 fully saturated rings. The van der Waals surface area contributed by atoms with Crippen LogP contribution in [0.15, 0.2) is 0 Å². The van der Waals surface area contributed by atoms with Crippen LogP contribution < -0.4 is 5.73 Å². The van der Waals surface area contributed by atoms with Crippen LogP contribution in [-0.4, -0.2) is 55.1 Å². The highest BCUT2D eigenvalue weighted by Gasteiger charge is 2.25. The van der Waals surface area contributed by atoms with Gasteiger partial charge in [0.25, 0.3) is 0 Å². The van der Waals surface area contributed by atoms with Gasteiger partial charge in [-0.1, -0.05) is 6.42 Å². The lowest BCUT2D eigenvalue weighted by atomic mass is 10.0. The van der Waals surface area contributed by atoms with Crippen LogP contribution in [0.4, 0.5) is 0 Å². The third-order valence-electron chi connectivity index (χ3n) is 4.23. The van der Waals surface area contributed by atoms with Crippen LogP contribution in [0.25, 0.3) is 0 Å². The molecule has 0 saturated carbocycles. The van der Waals surface area contributed by atoms with Crippen molar-refractivity contribution in [3.05, 3.63) is 0 Å². The van der Waals surface area contributed by atoms with Crippen molar-refractivity contribution in [3.63, 3.8) is 0 Å². The van der Waals surface area contributed by atoms with Gasteiger partial charge in [-0.3, -0.25) is 0 Å². The Hall–Kier alpha value is -0.120. The van der Waals surface area contributed by atoms with Gasteiger partial charge in [-0.15, -0.1) is 0 Å². The number of piperidine rings is 1. The fraction of sp³-hybridized carbons (Fsp3) is 1.00. The van der Waals surface area contributed by atoms with Gasteiger partial charge in [0.05, 0.1) is 0 Å². The normalized spacial score (nSPS) is 30.8. The van der Waals surface area contributed by atoms with E-state index in [1.165, 1.54) is 65.0 Å². The second-order valence-corrected chi connectivity index (χ2v) is 5.61. The minimum Gasteiger partial charge on any atom is -0.328 e. The zero-order chi connectivity index (χ0) is 11.4. The number of nitrogens with two attached hydrogens (primary N) is 1. The molecule has 0 aromatic rings. The zero-order valence-corrected chi connectivity index (χ0v) is 10.7. The highest BCUT2D eigenvalue weighted by atomic mass is 15.2. The molecule has 0 aromatic heterocycles. The summed E-state index contributed by atoms with van der Waals surface area (Å²) < 4.78 is 0. The van der Waals surface area contributed by atoms with Crippen LogP contribution in [0, 0.1) is 5.92 Å². The molecule has 2 rings (SSSR count). The minimum absolute atomic E-state index is 0.375. The van der Waals surface area contributed by atoms with Gasteiger partial charge in [0.2, 0.25) is 0 Å². The summed E-state index contributed by atoms with van der Waals surface area (Å²) in [5, 5.41) is 0. The summed E-state index contributed by atoms with van der Waals surface area (Å²) in [6.45, 7) is 9.81. The Kier molecular flexibility index (Phi) is 4.62. The third-order valence-corrected chi connectivity index (χ3v) is 4.23. The average molecular weight is 225 g/mol. The van der Waals surface area contributed by atoms with Gasteiger partial charge in [-0.25, -0.2) is 0 Å². The van der Waals surface area contributed by atoms with Crippen molar-refractivity contribution >= 4 is 0 Å². The summed E-state index contributed by atoms with van der Waals surface area (Å²) in [4.78, 5) is 5.23. The monoisotopic (exact) mass is 225 g/mol. The van der Waals surface area contributed by atoms with E-state index in [9.17, 15) is 0 Å². The molecule has 94 valence electrons. The van der Waals surface area contributed by atoms with Crippen LogP contribution in [0.5, 0.6) is 0 Å². The summed E-state index contributed by atoms with van der Waals surface area (Å²) in [5.41, 5.74) is 5.96. The van der Waals surface area contributed by atoms with Gasteiger partial charge in [0, 0.05) is 25.7 Å². The highest BCUT2D eigenvalue weighted by molar-refractivity contribution is 4.81. The Morgan fingerprint density at radius 3 is 2.38 bits per heavy atom. The number of rotatable bonds is 4. The van der Waals surface area contributed by atoms with Gasteiger partial charge in [-0.2, -0.15) is 0 Å². The van der Waals surface area contributed by atoms with E-state index >= 15 is 0 Å². The first-order valence-corrected chi connectivity index (χ1v) is 6.96. The molecule has 0 aliphatic carbocycles. The molecule has 0 amide bonds. The number of hydrogen-bond donors (Lipinski definition) is 1. The molecule has 2 aliphatic heterocycles. The van der Waals surface area contributed by atoms with Crippen LogP contribution >= 0.6 is 0 Å². The van der Waals surface area contributed by atoms with E-state index in [2.05, 4.69) is 16.7 Å². The van der Waals surface area contributed by atoms with Gasteiger partial charge >= 0.3 is 0 Å². The second-order valence-electron chi connectivity index (χ2n) is 5.61. The Morgan fingerprint density at radius 1 is 1.06 bits per heavy atom. The molecule has 2 N–H and O–H groups in total. The van der Waals surface area contributed by atoms with Crippen molar-refractivity contribution in [3.8, 4) is 0 Å². The van der Waals surface area contributed by atoms with Crippen LogP contribution in [0.3, 0.4) is 0 Å². The van der Waals surface area contributed by atoms with Crippen LogP contribution in [-0.2, 0) is 0 Å². The fourth-order valence-electron chi connectivity index (χ4n) is 2.96. The van der Waals surface area contributed by atoms with E-state index in [0.29, 0.717) is 6.04 Å². The Morgan fingerprint density at radius 2 is 1.75 bits per heavy atom. The van der Waals surface area contributed by atoms with Gasteiger partial charge in [0.1, 0.15) is 0 Å². The lowest BCUT2D eigenvalue weighted by Gasteiger charge is -2.28. The molecule has 0 spiro atoms. The second kappa shape index (κ2) is 5.99. The lowest BCUT2D eigenvalue weighted by Crippen LogP contribution is -2.38. The average Bonchev–Trinajstić information content (AvgIpc) is 2.76. The molecule has 0 radical (unpaired) electrons. The maximum Gasteiger partial charge on any atom is 0.0109 e. The maximum atomic E-state index is 5.96. The fourth-order valence-corrected chi connectivity index (χ4v) is 2.96. The lowest BCUT2D eigenvalue weighted by molar-refractivity contribution is 0.193. The Labute approximate surface area is 100.0 Å². The largest absolute Gasteiger partial charge is 0.328 e. The van der Waals surface area contributed by atoms with Crippen LogP contribution in [0.1, 0.15) is 32.6 Å². The van der Waals surface area contributed by atoms with E-state index in [4.69, 9.17) is 5.73 Å². The van der Waals surface area contributed by atoms with Crippen molar-refractivity contribution in [2.45, 2.75) is 38.6 Å². The topological polar surface area (TPSA) is 32.5 Å². The van der Waals surface area contributed by atoms with Gasteiger partial charge in [0.15, 0.2) is 0 Å². The summed E-state index contributed by atoms with van der Waals surface area (Å²) in [7, 11) is 0. The third kappa shape index (κ3) is 3.44. The standard InChI is InChI=1S/C13H27N3/c1-12(14)13-5-8-16(11-13)10-9-15-6-3-2-4-7-15/h12-13H,2-11,14H2,1H3. The molecule has 2 aliphatic rings. The molecule has 16 heavy (non-hydrogen) atoms. The maximum absolute atomic E-state index is 5.96. The predicted molar refractivity (Wildman–Crippen MR) is 68.5 cm³/mol.